The van der Waals surface area contributed by atoms with Crippen LogP contribution in [0.4, 0.5) is 0 Å². The first kappa shape index (κ1) is 18.2. The van der Waals surface area contributed by atoms with E-state index >= 15 is 0 Å². The van der Waals surface area contributed by atoms with Gasteiger partial charge >= 0.3 is 11.9 Å². The number of hydrogen-bond acceptors (Lipinski definition) is 5. The number of methoxy groups -OCH3 is 1. The molecule has 0 saturated heterocycles. The van der Waals surface area contributed by atoms with Crippen LogP contribution >= 0.6 is 0 Å². The van der Waals surface area contributed by atoms with E-state index in [0.717, 1.165) is 16.8 Å². The third-order valence-corrected chi connectivity index (χ3v) is 3.28. The van der Waals surface area contributed by atoms with Crippen LogP contribution in [0, 0.1) is 13.8 Å². The number of rotatable bonds is 6. The molecule has 0 saturated carbocycles. The summed E-state index contributed by atoms with van der Waals surface area (Å²) in [6.07, 6.45) is 0.627. The van der Waals surface area contributed by atoms with E-state index in [9.17, 15) is 9.59 Å². The van der Waals surface area contributed by atoms with Gasteiger partial charge in [-0.1, -0.05) is 0 Å². The van der Waals surface area contributed by atoms with Crippen LogP contribution in [0.25, 0.3) is 0 Å². The number of H-pyrrole nitrogens is 1. The van der Waals surface area contributed by atoms with Gasteiger partial charge in [0.25, 0.3) is 0 Å². The van der Waals surface area contributed by atoms with Crippen molar-refractivity contribution in [3.8, 4) is 0 Å². The third kappa shape index (κ3) is 5.18. The van der Waals surface area contributed by atoms with Gasteiger partial charge in [0.1, 0.15) is 11.3 Å². The first-order valence-corrected chi connectivity index (χ1v) is 7.34. The lowest BCUT2D eigenvalue weighted by molar-refractivity contribution is -0.139. The molecule has 0 atom stereocenters. The molecule has 6 heteroatoms. The van der Waals surface area contributed by atoms with Crippen molar-refractivity contribution < 1.29 is 19.1 Å². The average Bonchev–Trinajstić information content (AvgIpc) is 2.69. The first-order chi connectivity index (χ1) is 10.2. The van der Waals surface area contributed by atoms with Crippen molar-refractivity contribution in [2.75, 3.05) is 20.2 Å². The van der Waals surface area contributed by atoms with Gasteiger partial charge in [0.15, 0.2) is 0 Å². The van der Waals surface area contributed by atoms with E-state index in [1.54, 1.807) is 0 Å². The maximum Gasteiger partial charge on any atom is 0.355 e. The highest BCUT2D eigenvalue weighted by Crippen LogP contribution is 2.21. The third-order valence-electron chi connectivity index (χ3n) is 3.28. The largest absolute Gasteiger partial charge is 0.468 e. The smallest absolute Gasteiger partial charge is 0.355 e. The predicted octanol–water partition coefficient (Wildman–Crippen LogP) is 1.89. The minimum Gasteiger partial charge on any atom is -0.468 e. The molecule has 1 heterocycles. The minimum absolute atomic E-state index is 0.153. The van der Waals surface area contributed by atoms with E-state index in [1.807, 2.05) is 34.6 Å². The van der Waals surface area contributed by atoms with Gasteiger partial charge in [0.2, 0.25) is 0 Å². The van der Waals surface area contributed by atoms with Crippen LogP contribution in [0.2, 0.25) is 0 Å². The lowest BCUT2D eigenvalue weighted by Crippen LogP contribution is -2.27. The maximum absolute atomic E-state index is 12.3. The van der Waals surface area contributed by atoms with Crippen LogP contribution in [-0.4, -0.2) is 42.7 Å². The number of nitrogens with one attached hydrogen (secondary N) is 2. The van der Waals surface area contributed by atoms with Crippen molar-refractivity contribution in [2.24, 2.45) is 0 Å². The summed E-state index contributed by atoms with van der Waals surface area (Å²) in [5, 5.41) is 2.99. The van der Waals surface area contributed by atoms with E-state index in [4.69, 9.17) is 4.74 Å². The van der Waals surface area contributed by atoms with Gasteiger partial charge in [-0.3, -0.25) is 4.79 Å². The molecule has 6 nitrogen and oxygen atoms in total. The zero-order valence-electron chi connectivity index (χ0n) is 14.3. The van der Waals surface area contributed by atoms with Crippen LogP contribution in [0.1, 0.15) is 48.1 Å². The first-order valence-electron chi connectivity index (χ1n) is 7.34. The second kappa shape index (κ2) is 7.45. The Labute approximate surface area is 131 Å². The zero-order valence-corrected chi connectivity index (χ0v) is 14.3. The van der Waals surface area contributed by atoms with Gasteiger partial charge in [-0.2, -0.15) is 0 Å². The summed E-state index contributed by atoms with van der Waals surface area (Å²) in [7, 11) is 1.35. The van der Waals surface area contributed by atoms with Crippen molar-refractivity contribution in [3.05, 3.63) is 22.5 Å². The van der Waals surface area contributed by atoms with Crippen molar-refractivity contribution in [1.82, 2.24) is 10.3 Å². The van der Waals surface area contributed by atoms with Crippen molar-refractivity contribution >= 4 is 11.9 Å². The summed E-state index contributed by atoms with van der Waals surface area (Å²) in [4.78, 5) is 26.4. The van der Waals surface area contributed by atoms with Gasteiger partial charge in [-0.05, 0) is 58.7 Å². The molecule has 0 bridgehead atoms. The molecule has 0 aliphatic rings. The molecule has 0 spiro atoms. The lowest BCUT2D eigenvalue weighted by atomic mass is 10.1. The highest BCUT2D eigenvalue weighted by molar-refractivity contribution is 5.90. The van der Waals surface area contributed by atoms with Crippen LogP contribution in [0.15, 0.2) is 0 Å². The highest BCUT2D eigenvalue weighted by Gasteiger charge is 2.23. The quantitative estimate of drug-likeness (QED) is 0.619. The standard InChI is InChI=1S/C16H26N2O4/c1-10-11(2)18-14(15(20)22-16(3,4)5)12(10)7-8-17-9-13(19)21-6/h17-18H,7-9H2,1-6H3. The molecular formula is C16H26N2O4. The topological polar surface area (TPSA) is 80.4 Å². The predicted molar refractivity (Wildman–Crippen MR) is 84.0 cm³/mol. The van der Waals surface area contributed by atoms with E-state index in [0.29, 0.717) is 18.7 Å². The molecule has 22 heavy (non-hydrogen) atoms. The van der Waals surface area contributed by atoms with Gasteiger partial charge in [-0.15, -0.1) is 0 Å². The monoisotopic (exact) mass is 310 g/mol. The second-order valence-corrected chi connectivity index (χ2v) is 6.23. The fourth-order valence-electron chi connectivity index (χ4n) is 2.06. The Bertz CT molecular complexity index is 541. The number of aromatic nitrogens is 1. The summed E-state index contributed by atoms with van der Waals surface area (Å²) in [6.45, 7) is 10.1. The van der Waals surface area contributed by atoms with Crippen LogP contribution in [0.3, 0.4) is 0 Å². The molecule has 2 N–H and O–H groups in total. The molecule has 0 unspecified atom stereocenters. The van der Waals surface area contributed by atoms with Crippen molar-refractivity contribution in [3.63, 3.8) is 0 Å². The van der Waals surface area contributed by atoms with Crippen molar-refractivity contribution in [2.45, 2.75) is 46.6 Å². The summed E-state index contributed by atoms with van der Waals surface area (Å²) < 4.78 is 10.00. The Morgan fingerprint density at radius 3 is 2.41 bits per heavy atom. The molecule has 0 aliphatic heterocycles. The SMILES string of the molecule is COC(=O)CNCCc1c(C(=O)OC(C)(C)C)[nH]c(C)c1C. The Morgan fingerprint density at radius 1 is 1.23 bits per heavy atom. The molecule has 1 aromatic heterocycles. The molecular weight excluding hydrogens is 284 g/mol. The van der Waals surface area contributed by atoms with Crippen LogP contribution in [-0.2, 0) is 20.7 Å². The molecule has 1 aromatic rings. The summed E-state index contributed by atoms with van der Waals surface area (Å²) >= 11 is 0. The van der Waals surface area contributed by atoms with Crippen molar-refractivity contribution in [1.29, 1.82) is 0 Å². The number of carbonyl (C=O) groups is 2. The Morgan fingerprint density at radius 2 is 1.86 bits per heavy atom. The number of aryl methyl sites for hydroxylation is 1. The molecule has 0 fully saturated rings. The van der Waals surface area contributed by atoms with Gasteiger partial charge < -0.3 is 19.8 Å². The van der Waals surface area contributed by atoms with E-state index in [-0.39, 0.29) is 18.5 Å². The zero-order chi connectivity index (χ0) is 16.9. The number of hydrogen-bond donors (Lipinski definition) is 2. The molecule has 124 valence electrons. The Balaban J connectivity index is 2.77. The summed E-state index contributed by atoms with van der Waals surface area (Å²) in [5.74, 6) is -0.666. The summed E-state index contributed by atoms with van der Waals surface area (Å²) in [6, 6.07) is 0. The van der Waals surface area contributed by atoms with E-state index < -0.39 is 5.60 Å². The highest BCUT2D eigenvalue weighted by atomic mass is 16.6. The fourth-order valence-corrected chi connectivity index (χ4v) is 2.06. The molecule has 0 aliphatic carbocycles. The fraction of sp³-hybridized carbons (Fsp3) is 0.625. The number of ether oxygens (including phenoxy) is 2. The second-order valence-electron chi connectivity index (χ2n) is 6.23. The van der Waals surface area contributed by atoms with Crippen LogP contribution in [0.5, 0.6) is 0 Å². The van der Waals surface area contributed by atoms with Gasteiger partial charge in [0, 0.05) is 5.69 Å². The lowest BCUT2D eigenvalue weighted by Gasteiger charge is -2.19. The van der Waals surface area contributed by atoms with Crippen LogP contribution < -0.4 is 5.32 Å². The normalized spacial score (nSPS) is 11.4. The van der Waals surface area contributed by atoms with E-state index in [1.165, 1.54) is 7.11 Å². The molecule has 0 amide bonds. The molecule has 1 rings (SSSR count). The average molecular weight is 310 g/mol. The van der Waals surface area contributed by atoms with Gasteiger partial charge in [-0.25, -0.2) is 4.79 Å². The van der Waals surface area contributed by atoms with E-state index in [2.05, 4.69) is 15.0 Å². The Kier molecular flexibility index (Phi) is 6.17. The molecule has 0 radical (unpaired) electrons. The molecule has 0 aromatic carbocycles. The Hall–Kier alpha value is -1.82. The number of aromatic amines is 1. The maximum atomic E-state index is 12.3. The summed E-state index contributed by atoms with van der Waals surface area (Å²) in [5.41, 5.74) is 2.86. The minimum atomic E-state index is -0.537. The van der Waals surface area contributed by atoms with Gasteiger partial charge in [0.05, 0.1) is 13.7 Å². The number of esters is 2. The number of carbonyl (C=O) groups excluding carboxylic acids is 2.